The molecule has 8 rings (SSSR count). The number of fused-ring (bicyclic) bond motifs is 4. The molecule has 2 saturated heterocycles. The van der Waals surface area contributed by atoms with E-state index in [1.165, 1.54) is 70.0 Å². The number of morpholine rings is 1. The maximum Gasteiger partial charge on any atom is 0.284 e. The van der Waals surface area contributed by atoms with E-state index in [-0.39, 0.29) is 0 Å². The van der Waals surface area contributed by atoms with Crippen molar-refractivity contribution in [1.82, 2.24) is 14.9 Å². The lowest BCUT2D eigenvalue weighted by molar-refractivity contribution is -0.346. The second kappa shape index (κ2) is 9.69. The summed E-state index contributed by atoms with van der Waals surface area (Å²) in [5.41, 5.74) is 12.4. The van der Waals surface area contributed by atoms with Crippen LogP contribution >= 0.6 is 0 Å². The van der Waals surface area contributed by atoms with Gasteiger partial charge in [0.15, 0.2) is 0 Å². The average molecular weight is 528 g/mol. The third kappa shape index (κ3) is 4.07. The van der Waals surface area contributed by atoms with Crippen LogP contribution in [0.2, 0.25) is 0 Å². The Bertz CT molecular complexity index is 1690. The van der Waals surface area contributed by atoms with Gasteiger partial charge in [0.25, 0.3) is 5.65 Å². The molecule has 0 radical (unpaired) electrons. The number of benzene rings is 2. The number of hydrogen-bond donors (Lipinski definition) is 1. The van der Waals surface area contributed by atoms with Crippen LogP contribution < -0.4 is 4.98 Å². The van der Waals surface area contributed by atoms with E-state index >= 15 is 0 Å². The van der Waals surface area contributed by atoms with Gasteiger partial charge in [-0.1, -0.05) is 48.5 Å². The third-order valence-corrected chi connectivity index (χ3v) is 9.53. The summed E-state index contributed by atoms with van der Waals surface area (Å²) in [7, 11) is 0. The largest absolute Gasteiger partial charge is 0.378 e. The molecule has 3 unspecified atom stereocenters. The van der Waals surface area contributed by atoms with Crippen LogP contribution in [0.15, 0.2) is 79.3 Å². The number of rotatable bonds is 4. The summed E-state index contributed by atoms with van der Waals surface area (Å²) < 4.78 is 5.75. The van der Waals surface area contributed by atoms with Crippen molar-refractivity contribution >= 4 is 11.0 Å². The second-order valence-corrected chi connectivity index (χ2v) is 11.9. The topological polar surface area (TPSA) is 55.3 Å². The predicted molar refractivity (Wildman–Crippen MR) is 159 cm³/mol. The van der Waals surface area contributed by atoms with Gasteiger partial charge in [0.2, 0.25) is 0 Å². The first-order chi connectivity index (χ1) is 19.7. The SMILES string of the molecule is Cc1cccnc1-c1ccc(-c2c[nH]c3[nH+]cc(-c4ccc5c(c4)CCC(N4C6COCC4C6)CC5)cc23)cc1. The number of hydrogen-bond acceptors (Lipinski definition) is 3. The van der Waals surface area contributed by atoms with Crippen LogP contribution in [0.5, 0.6) is 0 Å². The lowest BCUT2D eigenvalue weighted by atomic mass is 9.87. The van der Waals surface area contributed by atoms with Gasteiger partial charge in [0.05, 0.1) is 36.7 Å². The smallest absolute Gasteiger partial charge is 0.284 e. The Labute approximate surface area is 235 Å². The zero-order chi connectivity index (χ0) is 26.6. The number of aromatic nitrogens is 3. The second-order valence-electron chi connectivity index (χ2n) is 11.9. The van der Waals surface area contributed by atoms with Gasteiger partial charge in [-0.25, -0.2) is 9.97 Å². The van der Waals surface area contributed by atoms with Gasteiger partial charge in [-0.3, -0.25) is 9.88 Å². The number of H-pyrrole nitrogens is 2. The zero-order valence-electron chi connectivity index (χ0n) is 23.0. The van der Waals surface area contributed by atoms with Crippen molar-refractivity contribution in [2.75, 3.05) is 13.2 Å². The number of nitrogens with zero attached hydrogens (tertiary/aromatic N) is 2. The zero-order valence-corrected chi connectivity index (χ0v) is 23.0. The molecule has 40 heavy (non-hydrogen) atoms. The molecule has 1 aliphatic carbocycles. The van der Waals surface area contributed by atoms with Crippen LogP contribution in [0.1, 0.15) is 36.0 Å². The normalized spacial score (nSPS) is 22.5. The molecule has 2 bridgehead atoms. The van der Waals surface area contributed by atoms with E-state index < -0.39 is 0 Å². The number of aromatic amines is 2. The van der Waals surface area contributed by atoms with Crippen molar-refractivity contribution in [3.63, 3.8) is 0 Å². The van der Waals surface area contributed by atoms with Crippen LogP contribution in [0.25, 0.3) is 44.5 Å². The maximum absolute atomic E-state index is 5.75. The monoisotopic (exact) mass is 527 g/mol. The van der Waals surface area contributed by atoms with Gasteiger partial charge in [0.1, 0.15) is 0 Å². The van der Waals surface area contributed by atoms with Crippen LogP contribution in [0.3, 0.4) is 0 Å². The summed E-state index contributed by atoms with van der Waals surface area (Å²) in [5.74, 6) is 0. The van der Waals surface area contributed by atoms with Crippen molar-refractivity contribution in [3.05, 3.63) is 95.9 Å². The van der Waals surface area contributed by atoms with E-state index in [0.29, 0.717) is 18.1 Å². The molecule has 2 aromatic carbocycles. The van der Waals surface area contributed by atoms with E-state index in [4.69, 9.17) is 4.74 Å². The van der Waals surface area contributed by atoms with E-state index in [0.717, 1.165) is 36.5 Å². The van der Waals surface area contributed by atoms with Crippen LogP contribution in [-0.4, -0.2) is 46.2 Å². The first-order valence-electron chi connectivity index (χ1n) is 14.7. The first kappa shape index (κ1) is 24.0. The highest BCUT2D eigenvalue weighted by atomic mass is 16.5. The molecule has 5 heteroatoms. The molecule has 2 N–H and O–H groups in total. The minimum atomic E-state index is 0.661. The van der Waals surface area contributed by atoms with E-state index in [2.05, 4.69) is 93.8 Å². The average Bonchev–Trinajstić information content (AvgIpc) is 3.32. The van der Waals surface area contributed by atoms with Crippen LogP contribution in [0, 0.1) is 6.92 Å². The van der Waals surface area contributed by atoms with E-state index in [1.54, 1.807) is 0 Å². The Hall–Kier alpha value is -3.80. The molecule has 5 heterocycles. The molecule has 0 spiro atoms. The maximum atomic E-state index is 5.75. The summed E-state index contributed by atoms with van der Waals surface area (Å²) >= 11 is 0. The molecule has 0 amide bonds. The van der Waals surface area contributed by atoms with Gasteiger partial charge in [-0.05, 0) is 79.0 Å². The molecule has 2 aliphatic heterocycles. The Kier molecular flexibility index (Phi) is 5.82. The molecule has 0 saturated carbocycles. The summed E-state index contributed by atoms with van der Waals surface area (Å²) in [6.45, 7) is 3.97. The minimum absolute atomic E-state index is 0.661. The van der Waals surface area contributed by atoms with Crippen molar-refractivity contribution in [2.24, 2.45) is 0 Å². The van der Waals surface area contributed by atoms with E-state index in [9.17, 15) is 0 Å². The highest BCUT2D eigenvalue weighted by molar-refractivity contribution is 5.94. The number of pyridine rings is 2. The highest BCUT2D eigenvalue weighted by Crippen LogP contribution is 2.38. The Morgan fingerprint density at radius 1 is 0.850 bits per heavy atom. The number of ether oxygens (including phenoxy) is 1. The first-order valence-corrected chi connectivity index (χ1v) is 14.7. The Balaban J connectivity index is 1.06. The summed E-state index contributed by atoms with van der Waals surface area (Å²) in [4.78, 5) is 14.3. The van der Waals surface area contributed by atoms with Gasteiger partial charge in [0, 0.05) is 41.0 Å². The standard InChI is InChI=1S/C35H34N4O/c1-22-3-2-14-36-34(22)25-7-5-24(6-8-25)33-19-38-35-32(33)16-28(18-37-35)27-9-4-23-10-12-29(13-11-26(23)15-27)39-30-17-31(39)21-40-20-30/h2-9,14-16,18-19,29-31H,10-13,17,20-21H2,1H3,(H,37,38)/p+1. The molecule has 5 nitrogen and oxygen atoms in total. The highest BCUT2D eigenvalue weighted by Gasteiger charge is 2.45. The van der Waals surface area contributed by atoms with Crippen LogP contribution in [0.4, 0.5) is 0 Å². The molecule has 3 aromatic heterocycles. The van der Waals surface area contributed by atoms with Crippen molar-refractivity contribution < 1.29 is 9.72 Å². The van der Waals surface area contributed by atoms with Gasteiger partial charge >= 0.3 is 0 Å². The molecule has 200 valence electrons. The molecule has 2 fully saturated rings. The minimum Gasteiger partial charge on any atom is -0.378 e. The fourth-order valence-electron chi connectivity index (χ4n) is 7.38. The predicted octanol–water partition coefficient (Wildman–Crippen LogP) is 6.41. The summed E-state index contributed by atoms with van der Waals surface area (Å²) in [6, 6.07) is 24.4. The lowest BCUT2D eigenvalue weighted by Gasteiger charge is -2.56. The van der Waals surface area contributed by atoms with Crippen molar-refractivity contribution in [3.8, 4) is 33.5 Å². The van der Waals surface area contributed by atoms with E-state index in [1.807, 2.05) is 12.3 Å². The number of nitrogens with one attached hydrogen (secondary N) is 2. The fraction of sp³-hybridized carbons (Fsp3) is 0.314. The fourth-order valence-corrected chi connectivity index (χ4v) is 7.38. The van der Waals surface area contributed by atoms with Crippen LogP contribution in [-0.2, 0) is 17.6 Å². The Morgan fingerprint density at radius 2 is 1.62 bits per heavy atom. The molecule has 3 atom stereocenters. The Morgan fingerprint density at radius 3 is 2.42 bits per heavy atom. The van der Waals surface area contributed by atoms with Crippen molar-refractivity contribution in [2.45, 2.75) is 57.2 Å². The van der Waals surface area contributed by atoms with Gasteiger partial charge in [-0.15, -0.1) is 0 Å². The quantitative estimate of drug-likeness (QED) is 0.275. The molecular formula is C35H35N4O+. The molecule has 3 aliphatic rings. The van der Waals surface area contributed by atoms with Gasteiger partial charge in [-0.2, -0.15) is 0 Å². The lowest BCUT2D eigenvalue weighted by Crippen LogP contribution is -2.66. The number of aryl methyl sites for hydroxylation is 3. The third-order valence-electron chi connectivity index (χ3n) is 9.53. The molecular weight excluding hydrogens is 492 g/mol. The molecule has 5 aromatic rings. The van der Waals surface area contributed by atoms with Crippen molar-refractivity contribution in [1.29, 1.82) is 0 Å². The summed E-state index contributed by atoms with van der Waals surface area (Å²) in [5, 5.41) is 1.21. The van der Waals surface area contributed by atoms with Gasteiger partial charge < -0.3 is 4.74 Å². The summed E-state index contributed by atoms with van der Waals surface area (Å²) in [6.07, 6.45) is 12.3.